The van der Waals surface area contributed by atoms with Crippen LogP contribution in [0.4, 0.5) is 0 Å². The number of rotatable bonds is 5. The average molecular weight is 789 g/mol. The molecule has 11 aromatic rings. The van der Waals surface area contributed by atoms with Gasteiger partial charge in [-0.15, -0.1) is 0 Å². The summed E-state index contributed by atoms with van der Waals surface area (Å²) in [5.74, 6) is 0. The molecule has 0 N–H and O–H groups in total. The monoisotopic (exact) mass is 788 g/mol. The van der Waals surface area contributed by atoms with E-state index in [1.165, 1.54) is 65.0 Å². The van der Waals surface area contributed by atoms with Gasteiger partial charge in [0.2, 0.25) is 0 Å². The van der Waals surface area contributed by atoms with Crippen molar-refractivity contribution in [2.75, 3.05) is 0 Å². The highest BCUT2D eigenvalue weighted by Gasteiger charge is 2.22. The summed E-state index contributed by atoms with van der Waals surface area (Å²) in [5.41, 5.74) is 13.0. The summed E-state index contributed by atoms with van der Waals surface area (Å²) in [4.78, 5) is 5.59. The van der Waals surface area contributed by atoms with Crippen molar-refractivity contribution in [2.24, 2.45) is 4.99 Å². The Morgan fingerprint density at radius 1 is 0.403 bits per heavy atom. The van der Waals surface area contributed by atoms with Crippen molar-refractivity contribution in [1.82, 2.24) is 4.57 Å². The zero-order chi connectivity index (χ0) is 41.1. The molecule has 1 aromatic heterocycles. The summed E-state index contributed by atoms with van der Waals surface area (Å²) >= 11 is 0. The van der Waals surface area contributed by atoms with Crippen LogP contribution in [0.1, 0.15) is 23.1 Å². The predicted octanol–water partition coefficient (Wildman–Crippen LogP) is 15.9. The van der Waals surface area contributed by atoms with Gasteiger partial charge < -0.3 is 4.57 Å². The van der Waals surface area contributed by atoms with E-state index < -0.39 is 0 Å². The van der Waals surface area contributed by atoms with Gasteiger partial charge in [-0.05, 0) is 108 Å². The van der Waals surface area contributed by atoms with Gasteiger partial charge in [0, 0.05) is 28.1 Å². The van der Waals surface area contributed by atoms with Gasteiger partial charge in [0.1, 0.15) is 0 Å². The van der Waals surface area contributed by atoms with Crippen LogP contribution in [-0.4, -0.2) is 10.3 Å². The number of benzene rings is 10. The minimum Gasteiger partial charge on any atom is -0.309 e. The van der Waals surface area contributed by atoms with Crippen LogP contribution in [0, 0.1) is 0 Å². The molecule has 290 valence electrons. The second kappa shape index (κ2) is 14.6. The van der Waals surface area contributed by atoms with Gasteiger partial charge >= 0.3 is 0 Å². The Morgan fingerprint density at radius 3 is 1.76 bits per heavy atom. The Morgan fingerprint density at radius 2 is 0.984 bits per heavy atom. The van der Waals surface area contributed by atoms with Gasteiger partial charge in [-0.1, -0.05) is 189 Å². The molecule has 0 amide bonds. The molecule has 62 heavy (non-hydrogen) atoms. The Labute approximate surface area is 360 Å². The Bertz CT molecular complexity index is 3710. The predicted molar refractivity (Wildman–Crippen MR) is 265 cm³/mol. The van der Waals surface area contributed by atoms with E-state index in [4.69, 9.17) is 11.6 Å². The van der Waals surface area contributed by atoms with Crippen molar-refractivity contribution in [3.8, 4) is 16.8 Å². The van der Waals surface area contributed by atoms with Crippen LogP contribution in [0.25, 0.3) is 93.0 Å². The third-order valence-corrected chi connectivity index (χ3v) is 12.7. The lowest BCUT2D eigenvalue weighted by atomic mass is 9.90. The maximum Gasteiger partial charge on any atom is 0.0712 e. The van der Waals surface area contributed by atoms with Crippen molar-refractivity contribution in [1.29, 1.82) is 0 Å². The fourth-order valence-corrected chi connectivity index (χ4v) is 9.79. The number of fused-ring (bicyclic) bond motifs is 10. The fourth-order valence-electron chi connectivity index (χ4n) is 9.79. The van der Waals surface area contributed by atoms with Gasteiger partial charge in [0.15, 0.2) is 0 Å². The van der Waals surface area contributed by atoms with Gasteiger partial charge in [-0.2, -0.15) is 0 Å². The lowest BCUT2D eigenvalue weighted by Crippen LogP contribution is -2.04. The van der Waals surface area contributed by atoms with Crippen LogP contribution in [0.2, 0.25) is 0 Å². The highest BCUT2D eigenvalue weighted by molar-refractivity contribution is 6.28. The first-order valence-electron chi connectivity index (χ1n) is 21.4. The van der Waals surface area contributed by atoms with E-state index in [0.29, 0.717) is 6.42 Å². The van der Waals surface area contributed by atoms with Crippen LogP contribution in [0.15, 0.2) is 236 Å². The fraction of sp³-hybridized carbons (Fsp3) is 0.0167. The second-order valence-corrected chi connectivity index (χ2v) is 16.3. The molecule has 0 saturated heterocycles. The molecule has 2 nitrogen and oxygen atoms in total. The lowest BCUT2D eigenvalue weighted by molar-refractivity contribution is 1.20. The van der Waals surface area contributed by atoms with Gasteiger partial charge in [0.25, 0.3) is 0 Å². The molecule has 0 fully saturated rings. The maximum atomic E-state index is 5.59. The minimum absolute atomic E-state index is 0.670. The van der Waals surface area contributed by atoms with Crippen molar-refractivity contribution in [3.63, 3.8) is 0 Å². The third kappa shape index (κ3) is 5.91. The molecule has 0 spiro atoms. The molecule has 12 rings (SSSR count). The summed E-state index contributed by atoms with van der Waals surface area (Å²) in [5, 5.41) is 12.2. The molecule has 0 bridgehead atoms. The molecule has 10 aromatic carbocycles. The largest absolute Gasteiger partial charge is 0.309 e. The Hall–Kier alpha value is -8.07. The van der Waals surface area contributed by atoms with Crippen molar-refractivity contribution < 1.29 is 0 Å². The van der Waals surface area contributed by atoms with Crippen molar-refractivity contribution in [2.45, 2.75) is 6.42 Å². The van der Waals surface area contributed by atoms with E-state index in [9.17, 15) is 0 Å². The molecule has 0 atom stereocenters. The van der Waals surface area contributed by atoms with Gasteiger partial charge in [-0.25, -0.2) is 0 Å². The number of nitrogens with zero attached hydrogens (tertiary/aromatic N) is 2. The van der Waals surface area contributed by atoms with E-state index in [0.717, 1.165) is 56.0 Å². The summed E-state index contributed by atoms with van der Waals surface area (Å²) in [6.07, 6.45) is 5.15. The molecule has 0 saturated carbocycles. The highest BCUT2D eigenvalue weighted by Crippen LogP contribution is 2.44. The van der Waals surface area contributed by atoms with Crippen molar-refractivity contribution in [3.05, 3.63) is 247 Å². The Kier molecular flexibility index (Phi) is 8.43. The zero-order valence-corrected chi connectivity index (χ0v) is 34.1. The third-order valence-electron chi connectivity index (χ3n) is 12.7. The summed E-state index contributed by atoms with van der Waals surface area (Å²) in [6, 6.07) is 75.0. The van der Waals surface area contributed by atoms with Gasteiger partial charge in [0.05, 0.1) is 28.1 Å². The number of aliphatic imine (C=N–C) groups is 1. The van der Waals surface area contributed by atoms with Gasteiger partial charge in [-0.3, -0.25) is 4.99 Å². The van der Waals surface area contributed by atoms with Crippen LogP contribution in [-0.2, 0) is 0 Å². The smallest absolute Gasteiger partial charge is 0.0712 e. The summed E-state index contributed by atoms with van der Waals surface area (Å²) < 4.78 is 2.51. The molecule has 0 aliphatic carbocycles. The second-order valence-electron chi connectivity index (χ2n) is 16.3. The number of aromatic nitrogens is 1. The maximum absolute atomic E-state index is 5.59. The van der Waals surface area contributed by atoms with E-state index in [1.54, 1.807) is 0 Å². The zero-order valence-electron chi connectivity index (χ0n) is 34.1. The normalized spacial score (nSPS) is 14.3. The summed E-state index contributed by atoms with van der Waals surface area (Å²) in [6.45, 7) is 4.69. The first-order chi connectivity index (χ1) is 30.7. The van der Waals surface area contributed by atoms with Crippen LogP contribution < -0.4 is 0 Å². The number of hydrogen-bond acceptors (Lipinski definition) is 1. The molecular weight excluding hydrogens is 749 g/mol. The molecule has 2 heterocycles. The average Bonchev–Trinajstić information content (AvgIpc) is 3.66. The molecule has 2 heteroatoms. The van der Waals surface area contributed by atoms with Crippen LogP contribution in [0.3, 0.4) is 0 Å². The summed E-state index contributed by atoms with van der Waals surface area (Å²) in [7, 11) is 0. The minimum atomic E-state index is 0.670. The van der Waals surface area contributed by atoms with Crippen LogP contribution >= 0.6 is 0 Å². The number of hydrogen-bond donors (Lipinski definition) is 0. The quantitative estimate of drug-likeness (QED) is 0.155. The number of para-hydroxylation sites is 1. The topological polar surface area (TPSA) is 17.3 Å². The SMILES string of the molecule is C=C1/C=C(/c2cc(-n3c4ccccc4c4ccc(-c5ccc6ccccc6c5)cc43)c3c4ccccc4c4ccccc4c3c2)N=C(c2ccccc2)CC=C1c1ccccc1. The van der Waals surface area contributed by atoms with E-state index >= 15 is 0 Å². The lowest BCUT2D eigenvalue weighted by Gasteiger charge is -2.20. The van der Waals surface area contributed by atoms with Crippen molar-refractivity contribution >= 4 is 81.9 Å². The van der Waals surface area contributed by atoms with E-state index in [-0.39, 0.29) is 0 Å². The standard InChI is InChI=1S/C60H40N2/c1-39-34-56(61-55(42-19-6-3-7-20-42)33-32-47(39)41-17-4-2-5-18-41)46-36-54-50-24-11-10-22-48(50)49-23-12-13-26-53(49)60(54)59(38-46)62-57-27-15-14-25-51(57)52-31-30-45(37-58(52)62)44-29-28-40-16-8-9-21-43(40)35-44/h2-32,34-38H,1,33H2/b47-32?,56-34-,61-55?. The molecule has 1 aliphatic rings. The first-order valence-corrected chi connectivity index (χ1v) is 21.4. The number of allylic oxidation sites excluding steroid dienone is 4. The molecular formula is C60H40N2. The Balaban J connectivity index is 1.20. The molecule has 0 radical (unpaired) electrons. The first kappa shape index (κ1) is 35.8. The van der Waals surface area contributed by atoms with E-state index in [1.807, 2.05) is 0 Å². The molecule has 0 unspecified atom stereocenters. The van der Waals surface area contributed by atoms with Crippen LogP contribution in [0.5, 0.6) is 0 Å². The highest BCUT2D eigenvalue weighted by atomic mass is 15.0. The molecule has 1 aliphatic heterocycles. The van der Waals surface area contributed by atoms with E-state index in [2.05, 4.69) is 223 Å².